The summed E-state index contributed by atoms with van der Waals surface area (Å²) in [5, 5.41) is 19.0. The number of aliphatic carboxylic acids is 1. The molecule has 0 aromatic rings. The molecule has 0 radical (unpaired) electrons. The van der Waals surface area contributed by atoms with Crippen molar-refractivity contribution in [1.82, 2.24) is 0 Å². The number of carbonyl (C=O) groups is 3. The number of carbonyl (C=O) groups excluding carboxylic acids is 2. The number of hydrogen-bond donors (Lipinski definition) is 4. The van der Waals surface area contributed by atoms with E-state index in [0.29, 0.717) is 25.7 Å². The number of unbranched alkanes of at least 4 members (excludes halogenated alkanes) is 15. The predicted molar refractivity (Wildman–Crippen MR) is 227 cm³/mol. The molecular weight excluding hydrogens is 749 g/mol. The Balaban J connectivity index is 4.58. The van der Waals surface area contributed by atoms with Crippen molar-refractivity contribution >= 4 is 25.7 Å². The Morgan fingerprint density at radius 1 is 0.632 bits per heavy atom. The number of phosphoric acid groups is 1. The van der Waals surface area contributed by atoms with Crippen LogP contribution in [-0.4, -0.2) is 71.1 Å². The zero-order valence-electron chi connectivity index (χ0n) is 35.0. The van der Waals surface area contributed by atoms with Crippen LogP contribution < -0.4 is 5.73 Å². The zero-order chi connectivity index (χ0) is 42.2. The lowest BCUT2D eigenvalue weighted by atomic mass is 10.1. The van der Waals surface area contributed by atoms with E-state index in [4.69, 9.17) is 24.8 Å². The monoisotopic (exact) mass is 826 g/mol. The molecular formula is C44H76NO11P. The van der Waals surface area contributed by atoms with Crippen molar-refractivity contribution in [2.45, 2.75) is 180 Å². The van der Waals surface area contributed by atoms with E-state index in [2.05, 4.69) is 42.7 Å². The number of carboxylic acid groups (broad SMARTS) is 1. The summed E-state index contributed by atoms with van der Waals surface area (Å²) in [7, 11) is -4.75. The number of esters is 2. The van der Waals surface area contributed by atoms with Gasteiger partial charge >= 0.3 is 25.7 Å². The maximum absolute atomic E-state index is 12.6. The molecule has 5 N–H and O–H groups in total. The molecule has 0 aliphatic rings. The van der Waals surface area contributed by atoms with Crippen LogP contribution in [0.5, 0.6) is 0 Å². The molecule has 2 unspecified atom stereocenters. The smallest absolute Gasteiger partial charge is 0.472 e. The van der Waals surface area contributed by atoms with Crippen LogP contribution >= 0.6 is 7.82 Å². The quantitative estimate of drug-likeness (QED) is 0.0151. The molecule has 0 rings (SSSR count). The molecule has 0 heterocycles. The average molecular weight is 826 g/mol. The van der Waals surface area contributed by atoms with Crippen molar-refractivity contribution in [3.8, 4) is 0 Å². The van der Waals surface area contributed by atoms with Crippen molar-refractivity contribution in [1.29, 1.82) is 0 Å². The van der Waals surface area contributed by atoms with Gasteiger partial charge in [-0.3, -0.25) is 23.4 Å². The number of carboxylic acids is 1. The van der Waals surface area contributed by atoms with Crippen molar-refractivity contribution in [2.24, 2.45) is 5.73 Å². The van der Waals surface area contributed by atoms with Crippen LogP contribution in [0.3, 0.4) is 0 Å². The molecule has 12 nitrogen and oxygen atoms in total. The van der Waals surface area contributed by atoms with Gasteiger partial charge in [0.15, 0.2) is 6.10 Å². The summed E-state index contributed by atoms with van der Waals surface area (Å²) in [5.74, 6) is -2.54. The van der Waals surface area contributed by atoms with Gasteiger partial charge in [0.25, 0.3) is 0 Å². The third kappa shape index (κ3) is 38.4. The van der Waals surface area contributed by atoms with E-state index in [1.165, 1.54) is 57.8 Å². The molecule has 0 aliphatic carbocycles. The first-order chi connectivity index (χ1) is 27.5. The molecule has 57 heavy (non-hydrogen) atoms. The maximum atomic E-state index is 12.6. The van der Waals surface area contributed by atoms with Gasteiger partial charge in [-0.1, -0.05) is 139 Å². The van der Waals surface area contributed by atoms with Crippen molar-refractivity contribution in [2.75, 3.05) is 19.8 Å². The van der Waals surface area contributed by atoms with E-state index in [1.54, 1.807) is 18.2 Å². The molecule has 0 bridgehead atoms. The van der Waals surface area contributed by atoms with Crippen LogP contribution in [0.1, 0.15) is 162 Å². The Hall–Kier alpha value is -2.86. The second-order valence-corrected chi connectivity index (χ2v) is 15.8. The largest absolute Gasteiger partial charge is 0.480 e. The molecule has 0 saturated carbocycles. The highest BCUT2D eigenvalue weighted by molar-refractivity contribution is 7.47. The van der Waals surface area contributed by atoms with Gasteiger partial charge in [0.1, 0.15) is 12.6 Å². The fraction of sp³-hybridized carbons (Fsp3) is 0.705. The van der Waals surface area contributed by atoms with Gasteiger partial charge in [-0.15, -0.1) is 0 Å². The van der Waals surface area contributed by atoms with Gasteiger partial charge in [-0.05, 0) is 70.6 Å². The zero-order valence-corrected chi connectivity index (χ0v) is 35.9. The summed E-state index contributed by atoms with van der Waals surface area (Å²) in [5.41, 5.74) is 5.32. The summed E-state index contributed by atoms with van der Waals surface area (Å²) in [6.45, 7) is 2.60. The SMILES string of the molecule is CCCCC/C=C\C/C=C\CC(O)/C=C\C=C\CCCC(=O)OC[C@H](COP(=O)(O)OC[C@H](N)C(=O)O)OC(=O)CCCCCCC/C=C\CCCCCCCC. The summed E-state index contributed by atoms with van der Waals surface area (Å²) in [4.78, 5) is 45.9. The van der Waals surface area contributed by atoms with Gasteiger partial charge in [0.05, 0.1) is 19.3 Å². The van der Waals surface area contributed by atoms with E-state index in [9.17, 15) is 28.9 Å². The molecule has 328 valence electrons. The lowest BCUT2D eigenvalue weighted by Crippen LogP contribution is -2.34. The molecule has 4 atom stereocenters. The van der Waals surface area contributed by atoms with Gasteiger partial charge in [-0.2, -0.15) is 0 Å². The van der Waals surface area contributed by atoms with Crippen LogP contribution in [-0.2, 0) is 37.5 Å². The minimum absolute atomic E-state index is 0.0830. The number of aliphatic hydroxyl groups excluding tert-OH is 1. The summed E-state index contributed by atoms with van der Waals surface area (Å²) < 4.78 is 32.5. The number of ether oxygens (including phenoxy) is 2. The number of nitrogens with two attached hydrogens (primary N) is 1. The van der Waals surface area contributed by atoms with Crippen molar-refractivity contribution in [3.63, 3.8) is 0 Å². The predicted octanol–water partition coefficient (Wildman–Crippen LogP) is 10.1. The standard InChI is InChI=1S/C44H76NO11P/c1-3-5-7-9-11-13-14-15-16-17-18-20-22-26-31-35-43(48)56-40(37-54-57(51,52)55-38-41(45)44(49)50)36-53-42(47)34-30-27-23-25-29-33-39(46)32-28-24-21-19-12-10-8-6-4-2/h12,15-16,19,23-25,28-29,33,39-41,46H,3-11,13-14,17-18,20-22,26-27,30-32,34-38,45H2,1-2H3,(H,49,50)(H,51,52)/b16-15-,19-12-,25-23+,28-24-,33-29-/t39?,40-,41+/m1/s1. The Morgan fingerprint density at radius 2 is 1.16 bits per heavy atom. The Morgan fingerprint density at radius 3 is 1.82 bits per heavy atom. The first-order valence-corrected chi connectivity index (χ1v) is 22.9. The van der Waals surface area contributed by atoms with Gasteiger partial charge < -0.3 is 30.3 Å². The van der Waals surface area contributed by atoms with Gasteiger partial charge in [0.2, 0.25) is 0 Å². The van der Waals surface area contributed by atoms with E-state index < -0.39 is 63.8 Å². The van der Waals surface area contributed by atoms with E-state index in [1.807, 2.05) is 18.2 Å². The van der Waals surface area contributed by atoms with E-state index in [0.717, 1.165) is 51.4 Å². The summed E-state index contributed by atoms with van der Waals surface area (Å²) in [6, 6.07) is -1.54. The normalized spacial score (nSPS) is 14.9. The minimum Gasteiger partial charge on any atom is -0.480 e. The molecule has 0 aromatic heterocycles. The van der Waals surface area contributed by atoms with Crippen LogP contribution in [0.25, 0.3) is 0 Å². The Bertz CT molecular complexity index is 1220. The second kappa shape index (κ2) is 38.6. The molecule has 0 saturated heterocycles. The topological polar surface area (TPSA) is 192 Å². The molecule has 13 heteroatoms. The Labute approximate surface area is 343 Å². The fourth-order valence-electron chi connectivity index (χ4n) is 5.37. The summed E-state index contributed by atoms with van der Waals surface area (Å²) >= 11 is 0. The van der Waals surface area contributed by atoms with Crippen molar-refractivity contribution in [3.05, 3.63) is 60.8 Å². The fourth-order valence-corrected chi connectivity index (χ4v) is 6.14. The second-order valence-electron chi connectivity index (χ2n) is 14.3. The third-order valence-electron chi connectivity index (χ3n) is 8.82. The first kappa shape index (κ1) is 54.1. The van der Waals surface area contributed by atoms with E-state index >= 15 is 0 Å². The molecule has 0 aliphatic heterocycles. The third-order valence-corrected chi connectivity index (χ3v) is 9.77. The average Bonchev–Trinajstić information content (AvgIpc) is 3.18. The number of aliphatic hydroxyl groups is 1. The highest BCUT2D eigenvalue weighted by Gasteiger charge is 2.28. The van der Waals surface area contributed by atoms with Crippen LogP contribution in [0.15, 0.2) is 60.8 Å². The van der Waals surface area contributed by atoms with Crippen LogP contribution in [0.2, 0.25) is 0 Å². The molecule has 0 fully saturated rings. The lowest BCUT2D eigenvalue weighted by molar-refractivity contribution is -0.161. The highest BCUT2D eigenvalue weighted by Crippen LogP contribution is 2.43. The Kier molecular flexibility index (Phi) is 36.7. The van der Waals surface area contributed by atoms with Crippen LogP contribution in [0.4, 0.5) is 0 Å². The van der Waals surface area contributed by atoms with Gasteiger partial charge in [0, 0.05) is 12.8 Å². The number of hydrogen-bond acceptors (Lipinski definition) is 10. The van der Waals surface area contributed by atoms with Crippen molar-refractivity contribution < 1.29 is 52.6 Å². The highest BCUT2D eigenvalue weighted by atomic mass is 31.2. The minimum atomic E-state index is -4.75. The number of rotatable bonds is 39. The maximum Gasteiger partial charge on any atom is 0.472 e. The van der Waals surface area contributed by atoms with Crippen LogP contribution in [0, 0.1) is 0 Å². The molecule has 0 amide bonds. The first-order valence-electron chi connectivity index (χ1n) is 21.4. The number of phosphoric ester groups is 1. The van der Waals surface area contributed by atoms with E-state index in [-0.39, 0.29) is 12.8 Å². The summed E-state index contributed by atoms with van der Waals surface area (Å²) in [6.07, 6.45) is 40.3. The molecule has 0 aromatic carbocycles. The lowest BCUT2D eigenvalue weighted by Gasteiger charge is -2.20. The molecule has 0 spiro atoms. The number of allylic oxidation sites excluding steroid dienone is 8. The van der Waals surface area contributed by atoms with Gasteiger partial charge in [-0.25, -0.2) is 4.57 Å².